The van der Waals surface area contributed by atoms with E-state index in [-0.39, 0.29) is 23.2 Å². The van der Waals surface area contributed by atoms with E-state index in [0.717, 1.165) is 45.1 Å². The molecule has 7 heteroatoms. The molecule has 0 aromatic heterocycles. The Hall–Kier alpha value is -0.660. The monoisotopic (exact) mass is 358 g/mol. The van der Waals surface area contributed by atoms with E-state index in [1.807, 2.05) is 6.92 Å². The van der Waals surface area contributed by atoms with Crippen LogP contribution in [0.2, 0.25) is 0 Å². The van der Waals surface area contributed by atoms with Crippen molar-refractivity contribution >= 4 is 40.1 Å². The molecule has 0 spiro atoms. The second-order valence-corrected chi connectivity index (χ2v) is 7.86. The van der Waals surface area contributed by atoms with E-state index in [0.29, 0.717) is 23.8 Å². The standard InChI is InChI=1S/C16H26N2O3S2/c1-2-13-15(20)18(16(22)23-13)9-5-3-4-8-14(19)17-11-12-7-6-10-21-12/h12-13H,2-11H2,1H3,(H,17,19). The number of hydrogen-bond donors (Lipinski definition) is 1. The lowest BCUT2D eigenvalue weighted by atomic mass is 10.1. The molecule has 2 aliphatic rings. The third-order valence-electron chi connectivity index (χ3n) is 4.21. The molecular weight excluding hydrogens is 332 g/mol. The Morgan fingerprint density at radius 1 is 1.43 bits per heavy atom. The van der Waals surface area contributed by atoms with Gasteiger partial charge in [0.1, 0.15) is 4.32 Å². The van der Waals surface area contributed by atoms with Crippen LogP contribution in [0.5, 0.6) is 0 Å². The van der Waals surface area contributed by atoms with Gasteiger partial charge in [-0.2, -0.15) is 0 Å². The molecule has 2 aliphatic heterocycles. The van der Waals surface area contributed by atoms with E-state index < -0.39 is 0 Å². The fraction of sp³-hybridized carbons (Fsp3) is 0.812. The number of nitrogens with zero attached hydrogens (tertiary/aromatic N) is 1. The minimum Gasteiger partial charge on any atom is -0.376 e. The van der Waals surface area contributed by atoms with Gasteiger partial charge in [-0.1, -0.05) is 37.3 Å². The molecule has 0 radical (unpaired) electrons. The van der Waals surface area contributed by atoms with Crippen LogP contribution in [0.25, 0.3) is 0 Å². The Morgan fingerprint density at radius 3 is 2.91 bits per heavy atom. The van der Waals surface area contributed by atoms with E-state index >= 15 is 0 Å². The topological polar surface area (TPSA) is 58.6 Å². The first-order valence-corrected chi connectivity index (χ1v) is 9.81. The minimum absolute atomic E-state index is 0.00563. The van der Waals surface area contributed by atoms with Crippen LogP contribution in [0, 0.1) is 0 Å². The summed E-state index contributed by atoms with van der Waals surface area (Å²) in [5.41, 5.74) is 0. The number of unbranched alkanes of at least 4 members (excludes halogenated alkanes) is 2. The number of carbonyl (C=O) groups excluding carboxylic acids is 2. The van der Waals surface area contributed by atoms with E-state index in [1.165, 1.54) is 11.8 Å². The van der Waals surface area contributed by atoms with Crippen molar-refractivity contribution in [2.24, 2.45) is 0 Å². The summed E-state index contributed by atoms with van der Waals surface area (Å²) in [6, 6.07) is 0. The van der Waals surface area contributed by atoms with Crippen LogP contribution >= 0.6 is 24.0 Å². The number of thiocarbonyl (C=S) groups is 1. The Morgan fingerprint density at radius 2 is 2.26 bits per heavy atom. The fourth-order valence-electron chi connectivity index (χ4n) is 2.81. The average Bonchev–Trinajstić information content (AvgIpc) is 3.14. The molecule has 2 amide bonds. The smallest absolute Gasteiger partial charge is 0.241 e. The van der Waals surface area contributed by atoms with Gasteiger partial charge in [0.15, 0.2) is 0 Å². The molecular formula is C16H26N2O3S2. The molecule has 2 heterocycles. The Bertz CT molecular complexity index is 439. The van der Waals surface area contributed by atoms with Gasteiger partial charge < -0.3 is 10.1 Å². The van der Waals surface area contributed by atoms with Crippen molar-refractivity contribution in [2.75, 3.05) is 19.7 Å². The zero-order valence-electron chi connectivity index (χ0n) is 13.7. The maximum Gasteiger partial charge on any atom is 0.241 e. The molecule has 0 aromatic rings. The van der Waals surface area contributed by atoms with E-state index in [4.69, 9.17) is 17.0 Å². The number of thioether (sulfide) groups is 1. The van der Waals surface area contributed by atoms with Crippen LogP contribution in [-0.4, -0.2) is 52.1 Å². The molecule has 0 aliphatic carbocycles. The lowest BCUT2D eigenvalue weighted by Gasteiger charge is -2.15. The highest BCUT2D eigenvalue weighted by atomic mass is 32.2. The number of hydrogen-bond acceptors (Lipinski definition) is 5. The maximum absolute atomic E-state index is 12.1. The lowest BCUT2D eigenvalue weighted by Crippen LogP contribution is -2.32. The summed E-state index contributed by atoms with van der Waals surface area (Å²) < 4.78 is 6.18. The summed E-state index contributed by atoms with van der Waals surface area (Å²) in [6.07, 6.45) is 6.36. The fourth-order valence-corrected chi connectivity index (χ4v) is 4.29. The molecule has 2 atom stereocenters. The summed E-state index contributed by atoms with van der Waals surface area (Å²) >= 11 is 6.76. The van der Waals surface area contributed by atoms with Crippen LogP contribution in [0.1, 0.15) is 51.9 Å². The van der Waals surface area contributed by atoms with Crippen LogP contribution in [-0.2, 0) is 14.3 Å². The van der Waals surface area contributed by atoms with Gasteiger partial charge >= 0.3 is 0 Å². The van der Waals surface area contributed by atoms with Crippen LogP contribution in [0.15, 0.2) is 0 Å². The van der Waals surface area contributed by atoms with Gasteiger partial charge in [-0.3, -0.25) is 14.5 Å². The van der Waals surface area contributed by atoms with Crippen molar-refractivity contribution in [3.05, 3.63) is 0 Å². The minimum atomic E-state index is 0.00563. The lowest BCUT2D eigenvalue weighted by molar-refractivity contribution is -0.126. The van der Waals surface area contributed by atoms with Crippen molar-refractivity contribution < 1.29 is 14.3 Å². The number of nitrogens with one attached hydrogen (secondary N) is 1. The Labute approximate surface area is 147 Å². The quantitative estimate of drug-likeness (QED) is 0.507. The molecule has 0 saturated carbocycles. The Kier molecular flexibility index (Phi) is 7.79. The zero-order valence-corrected chi connectivity index (χ0v) is 15.3. The van der Waals surface area contributed by atoms with Crippen molar-refractivity contribution in [1.29, 1.82) is 0 Å². The first-order chi connectivity index (χ1) is 11.1. The molecule has 0 bridgehead atoms. The summed E-state index contributed by atoms with van der Waals surface area (Å²) in [4.78, 5) is 25.5. The Balaban J connectivity index is 1.52. The van der Waals surface area contributed by atoms with E-state index in [9.17, 15) is 9.59 Å². The summed E-state index contributed by atoms with van der Waals surface area (Å²) in [5, 5.41) is 2.94. The summed E-state index contributed by atoms with van der Waals surface area (Å²) in [7, 11) is 0. The largest absolute Gasteiger partial charge is 0.376 e. The van der Waals surface area contributed by atoms with E-state index in [2.05, 4.69) is 5.32 Å². The van der Waals surface area contributed by atoms with Crippen LogP contribution in [0.3, 0.4) is 0 Å². The highest BCUT2D eigenvalue weighted by molar-refractivity contribution is 8.24. The first-order valence-electron chi connectivity index (χ1n) is 8.52. The number of carbonyl (C=O) groups is 2. The number of amides is 2. The van der Waals surface area contributed by atoms with Gasteiger partial charge in [-0.15, -0.1) is 0 Å². The second kappa shape index (κ2) is 9.59. The predicted octanol–water partition coefficient (Wildman–Crippen LogP) is 2.48. The van der Waals surface area contributed by atoms with Gasteiger partial charge in [0.25, 0.3) is 0 Å². The van der Waals surface area contributed by atoms with Crippen molar-refractivity contribution in [1.82, 2.24) is 10.2 Å². The van der Waals surface area contributed by atoms with Crippen molar-refractivity contribution in [2.45, 2.75) is 63.2 Å². The molecule has 2 rings (SSSR count). The molecule has 2 saturated heterocycles. The first kappa shape index (κ1) is 18.7. The SMILES string of the molecule is CCC1SC(=S)N(CCCCCC(=O)NCC2CCCO2)C1=O. The third kappa shape index (κ3) is 5.72. The molecule has 2 unspecified atom stereocenters. The molecule has 2 fully saturated rings. The van der Waals surface area contributed by atoms with Gasteiger partial charge in [-0.05, 0) is 32.1 Å². The number of rotatable bonds is 9. The number of ether oxygens (including phenoxy) is 1. The third-order valence-corrected chi connectivity index (χ3v) is 5.96. The molecule has 5 nitrogen and oxygen atoms in total. The second-order valence-electron chi connectivity index (χ2n) is 6.02. The average molecular weight is 359 g/mol. The highest BCUT2D eigenvalue weighted by Crippen LogP contribution is 2.29. The summed E-state index contributed by atoms with van der Waals surface area (Å²) in [5.74, 6) is 0.242. The molecule has 130 valence electrons. The van der Waals surface area contributed by atoms with Gasteiger partial charge in [-0.25, -0.2) is 0 Å². The van der Waals surface area contributed by atoms with Crippen molar-refractivity contribution in [3.63, 3.8) is 0 Å². The zero-order chi connectivity index (χ0) is 16.7. The van der Waals surface area contributed by atoms with Gasteiger partial charge in [0.2, 0.25) is 11.8 Å². The van der Waals surface area contributed by atoms with Gasteiger partial charge in [0.05, 0.1) is 11.4 Å². The van der Waals surface area contributed by atoms with Gasteiger partial charge in [0, 0.05) is 26.1 Å². The van der Waals surface area contributed by atoms with E-state index in [1.54, 1.807) is 4.90 Å². The summed E-state index contributed by atoms with van der Waals surface area (Å²) in [6.45, 7) is 4.13. The van der Waals surface area contributed by atoms with Crippen molar-refractivity contribution in [3.8, 4) is 0 Å². The maximum atomic E-state index is 12.1. The van der Waals surface area contributed by atoms with Crippen LogP contribution < -0.4 is 5.32 Å². The highest BCUT2D eigenvalue weighted by Gasteiger charge is 2.34. The van der Waals surface area contributed by atoms with Crippen LogP contribution in [0.4, 0.5) is 0 Å². The predicted molar refractivity (Wildman–Crippen MR) is 96.4 cm³/mol. The molecule has 23 heavy (non-hydrogen) atoms. The normalized spacial score (nSPS) is 24.5. The molecule has 0 aromatic carbocycles. The molecule has 1 N–H and O–H groups in total.